The van der Waals surface area contributed by atoms with E-state index in [0.29, 0.717) is 28.3 Å². The molecule has 180 valence electrons. The second kappa shape index (κ2) is 9.84. The monoisotopic (exact) mass is 497 g/mol. The molecule has 1 aromatic heterocycles. The van der Waals surface area contributed by atoms with Gasteiger partial charge in [-0.25, -0.2) is 4.98 Å². The van der Waals surface area contributed by atoms with Gasteiger partial charge in [0, 0.05) is 18.1 Å². The number of fused-ring (bicyclic) bond motifs is 2. The third-order valence-corrected chi connectivity index (χ3v) is 6.65. The fourth-order valence-electron chi connectivity index (χ4n) is 4.55. The van der Waals surface area contributed by atoms with Crippen molar-refractivity contribution in [1.29, 1.82) is 0 Å². The van der Waals surface area contributed by atoms with Crippen LogP contribution in [0.4, 0.5) is 5.69 Å². The van der Waals surface area contributed by atoms with E-state index in [2.05, 4.69) is 16.7 Å². The van der Waals surface area contributed by atoms with Gasteiger partial charge >= 0.3 is 0 Å². The van der Waals surface area contributed by atoms with E-state index in [1.807, 2.05) is 48.5 Å². The fourth-order valence-corrected chi connectivity index (χ4v) is 4.75. The van der Waals surface area contributed by atoms with Crippen molar-refractivity contribution >= 4 is 51.7 Å². The number of carbonyl (C=O) groups is 2. The number of nitrogens with one attached hydrogen (secondary N) is 2. The van der Waals surface area contributed by atoms with E-state index in [0.717, 1.165) is 45.5 Å². The first-order chi connectivity index (χ1) is 17.5. The van der Waals surface area contributed by atoms with Gasteiger partial charge in [-0.3, -0.25) is 9.59 Å². The largest absolute Gasteiger partial charge is 0.497 e. The van der Waals surface area contributed by atoms with Gasteiger partial charge in [-0.1, -0.05) is 41.9 Å². The third kappa shape index (κ3) is 4.43. The molecule has 5 rings (SSSR count). The average Bonchev–Trinajstić information content (AvgIpc) is 3.30. The normalized spacial score (nSPS) is 13.5. The van der Waals surface area contributed by atoms with Crippen molar-refractivity contribution in [3.05, 3.63) is 99.7 Å². The van der Waals surface area contributed by atoms with Crippen LogP contribution < -0.4 is 15.4 Å². The summed E-state index contributed by atoms with van der Waals surface area (Å²) in [6.45, 7) is 0. The topological polar surface area (TPSA) is 80.3 Å². The molecule has 0 unspecified atom stereocenters. The van der Waals surface area contributed by atoms with Crippen LogP contribution in [0.15, 0.2) is 66.7 Å². The summed E-state index contributed by atoms with van der Waals surface area (Å²) in [5, 5.41) is 6.64. The number of amides is 2. The Balaban J connectivity index is 1.56. The number of benzene rings is 3. The van der Waals surface area contributed by atoms with Crippen LogP contribution in [0.5, 0.6) is 5.75 Å². The Morgan fingerprint density at radius 2 is 1.78 bits per heavy atom. The van der Waals surface area contributed by atoms with Crippen molar-refractivity contribution in [2.45, 2.75) is 12.8 Å². The first-order valence-corrected chi connectivity index (χ1v) is 12.0. The molecule has 0 aliphatic heterocycles. The highest BCUT2D eigenvalue weighted by molar-refractivity contribution is 6.34. The minimum absolute atomic E-state index is 0.249. The molecule has 0 spiro atoms. The van der Waals surface area contributed by atoms with Crippen LogP contribution in [-0.4, -0.2) is 31.0 Å². The highest BCUT2D eigenvalue weighted by Gasteiger charge is 2.27. The van der Waals surface area contributed by atoms with Crippen molar-refractivity contribution in [3.8, 4) is 5.75 Å². The summed E-state index contributed by atoms with van der Waals surface area (Å²) >= 11 is 6.18. The number of rotatable bonds is 5. The van der Waals surface area contributed by atoms with Crippen molar-refractivity contribution in [1.82, 2.24) is 10.3 Å². The number of hydrogen-bond acceptors (Lipinski definition) is 4. The summed E-state index contributed by atoms with van der Waals surface area (Å²) < 4.78 is 5.26. The molecule has 0 bridgehead atoms. The van der Waals surface area contributed by atoms with Crippen LogP contribution >= 0.6 is 11.6 Å². The van der Waals surface area contributed by atoms with E-state index in [-0.39, 0.29) is 11.8 Å². The van der Waals surface area contributed by atoms with Crippen LogP contribution in [0.1, 0.15) is 44.0 Å². The van der Waals surface area contributed by atoms with Gasteiger partial charge in [0.2, 0.25) is 0 Å². The van der Waals surface area contributed by atoms with E-state index in [1.54, 1.807) is 25.3 Å². The molecule has 7 heteroatoms. The van der Waals surface area contributed by atoms with Crippen LogP contribution in [0, 0.1) is 0 Å². The smallest absolute Gasteiger partial charge is 0.256 e. The molecule has 0 atom stereocenters. The Labute approximate surface area is 214 Å². The summed E-state index contributed by atoms with van der Waals surface area (Å²) in [6, 6.07) is 20.4. The predicted octanol–water partition coefficient (Wildman–Crippen LogP) is 6.00. The molecular formula is C29H24ClN3O3. The Morgan fingerprint density at radius 1 is 1.00 bits per heavy atom. The number of aromatic nitrogens is 1. The van der Waals surface area contributed by atoms with Gasteiger partial charge in [0.15, 0.2) is 0 Å². The molecule has 1 aliphatic carbocycles. The lowest BCUT2D eigenvalue weighted by molar-refractivity contribution is 0.0961. The third-order valence-electron chi connectivity index (χ3n) is 6.32. The van der Waals surface area contributed by atoms with E-state index < -0.39 is 0 Å². The molecule has 36 heavy (non-hydrogen) atoms. The molecule has 0 saturated heterocycles. The number of halogens is 1. The van der Waals surface area contributed by atoms with Gasteiger partial charge in [-0.15, -0.1) is 0 Å². The average molecular weight is 498 g/mol. The van der Waals surface area contributed by atoms with Crippen LogP contribution in [0.2, 0.25) is 5.02 Å². The van der Waals surface area contributed by atoms with Crippen molar-refractivity contribution in [2.24, 2.45) is 0 Å². The quantitative estimate of drug-likeness (QED) is 0.354. The lowest BCUT2D eigenvalue weighted by atomic mass is 9.99. The summed E-state index contributed by atoms with van der Waals surface area (Å²) in [5.74, 6) is 0.231. The van der Waals surface area contributed by atoms with Gasteiger partial charge in [-0.2, -0.15) is 0 Å². The number of ether oxygens (including phenoxy) is 1. The molecule has 6 nitrogen and oxygen atoms in total. The summed E-state index contributed by atoms with van der Waals surface area (Å²) in [6.07, 6.45) is 3.61. The van der Waals surface area contributed by atoms with Crippen LogP contribution in [0.3, 0.4) is 0 Å². The lowest BCUT2D eigenvalue weighted by Crippen LogP contribution is -2.19. The van der Waals surface area contributed by atoms with E-state index >= 15 is 0 Å². The molecule has 0 fully saturated rings. The van der Waals surface area contributed by atoms with Gasteiger partial charge in [0.05, 0.1) is 34.5 Å². The summed E-state index contributed by atoms with van der Waals surface area (Å²) in [7, 11) is 3.18. The molecule has 3 aromatic carbocycles. The molecule has 1 aliphatic rings. The summed E-state index contributed by atoms with van der Waals surface area (Å²) in [4.78, 5) is 30.7. The maximum atomic E-state index is 13.7. The number of para-hydroxylation sites is 1. The first kappa shape index (κ1) is 23.6. The highest BCUT2D eigenvalue weighted by atomic mass is 35.5. The lowest BCUT2D eigenvalue weighted by Gasteiger charge is -2.14. The highest BCUT2D eigenvalue weighted by Crippen LogP contribution is 2.38. The first-order valence-electron chi connectivity index (χ1n) is 11.6. The van der Waals surface area contributed by atoms with E-state index in [1.165, 1.54) is 7.05 Å². The Kier molecular flexibility index (Phi) is 6.44. The number of methoxy groups -OCH3 is 1. The van der Waals surface area contributed by atoms with Gasteiger partial charge in [0.1, 0.15) is 5.75 Å². The van der Waals surface area contributed by atoms with Gasteiger partial charge in [-0.05, 0) is 72.0 Å². The van der Waals surface area contributed by atoms with Gasteiger partial charge in [0.25, 0.3) is 11.8 Å². The SMILES string of the molecule is CNC(=O)c1cc(NC(=O)c2c3c(nc4ccccc24)C(=Cc2ccc(OC)cc2)CC3)ccc1Cl. The second-order valence-electron chi connectivity index (χ2n) is 8.50. The van der Waals surface area contributed by atoms with Crippen LogP contribution in [0.25, 0.3) is 22.6 Å². The predicted molar refractivity (Wildman–Crippen MR) is 144 cm³/mol. The molecule has 4 aromatic rings. The Hall–Kier alpha value is -4.16. The maximum Gasteiger partial charge on any atom is 0.256 e. The standard InChI is InChI=1S/C29H24ClN3O3/c1-31-28(34)23-16-19(10-14-24(23)30)32-29(35)26-21-5-3-4-6-25(21)33-27-18(9-13-22(26)27)15-17-7-11-20(36-2)12-8-17/h3-8,10-12,14-16H,9,13H2,1-2H3,(H,31,34)(H,32,35). The van der Waals surface area contributed by atoms with Crippen molar-refractivity contribution in [3.63, 3.8) is 0 Å². The molecule has 0 saturated carbocycles. The number of pyridine rings is 1. The fraction of sp³-hybridized carbons (Fsp3) is 0.138. The number of carbonyl (C=O) groups excluding carboxylic acids is 2. The Morgan fingerprint density at radius 3 is 2.53 bits per heavy atom. The minimum Gasteiger partial charge on any atom is -0.497 e. The Bertz CT molecular complexity index is 1530. The number of allylic oxidation sites excluding steroid dienone is 1. The zero-order chi connectivity index (χ0) is 25.2. The molecule has 1 heterocycles. The molecule has 2 N–H and O–H groups in total. The zero-order valence-corrected chi connectivity index (χ0v) is 20.6. The summed E-state index contributed by atoms with van der Waals surface area (Å²) in [5.41, 5.74) is 6.04. The number of nitrogens with zero attached hydrogens (tertiary/aromatic N) is 1. The minimum atomic E-state index is -0.320. The van der Waals surface area contributed by atoms with Crippen molar-refractivity contribution < 1.29 is 14.3 Å². The molecule has 0 radical (unpaired) electrons. The van der Waals surface area contributed by atoms with Crippen LogP contribution in [-0.2, 0) is 6.42 Å². The molecule has 2 amide bonds. The molecular weight excluding hydrogens is 474 g/mol. The zero-order valence-electron chi connectivity index (χ0n) is 19.9. The number of anilines is 1. The number of hydrogen-bond donors (Lipinski definition) is 2. The second-order valence-corrected chi connectivity index (χ2v) is 8.91. The maximum absolute atomic E-state index is 13.7. The van der Waals surface area contributed by atoms with E-state index in [9.17, 15) is 9.59 Å². The van der Waals surface area contributed by atoms with Gasteiger partial charge < -0.3 is 15.4 Å². The van der Waals surface area contributed by atoms with E-state index in [4.69, 9.17) is 21.3 Å². The van der Waals surface area contributed by atoms with Crippen molar-refractivity contribution in [2.75, 3.05) is 19.5 Å².